The molecule has 0 aliphatic heterocycles. The summed E-state index contributed by atoms with van der Waals surface area (Å²) < 4.78 is 28.3. The van der Waals surface area contributed by atoms with Crippen molar-refractivity contribution in [2.45, 2.75) is 68.3 Å². The van der Waals surface area contributed by atoms with Gasteiger partial charge in [0, 0.05) is 23.5 Å². The van der Waals surface area contributed by atoms with Crippen molar-refractivity contribution in [3.63, 3.8) is 0 Å². The van der Waals surface area contributed by atoms with Crippen molar-refractivity contribution in [1.29, 1.82) is 0 Å². The van der Waals surface area contributed by atoms with E-state index in [1.807, 2.05) is 6.07 Å². The highest BCUT2D eigenvalue weighted by atomic mass is 32.2. The largest absolute Gasteiger partial charge is 0.309 e. The minimum absolute atomic E-state index is 0.0962. The van der Waals surface area contributed by atoms with Gasteiger partial charge < -0.3 is 5.32 Å². The van der Waals surface area contributed by atoms with E-state index in [1.54, 1.807) is 6.07 Å². The number of thiophene rings is 1. The molecule has 2 unspecified atom stereocenters. The Kier molecular flexibility index (Phi) is 4.69. The van der Waals surface area contributed by atoms with Gasteiger partial charge in [0.1, 0.15) is 4.21 Å². The molecule has 2 aliphatic rings. The summed E-state index contributed by atoms with van der Waals surface area (Å²) in [5.74, 6) is 0.435. The van der Waals surface area contributed by atoms with Crippen LogP contribution in [0.15, 0.2) is 16.3 Å². The molecule has 2 atom stereocenters. The summed E-state index contributed by atoms with van der Waals surface area (Å²) in [6, 6.07) is 4.41. The fourth-order valence-corrected chi connectivity index (χ4v) is 5.58. The highest BCUT2D eigenvalue weighted by Crippen LogP contribution is 2.28. The van der Waals surface area contributed by atoms with E-state index in [0.29, 0.717) is 16.2 Å². The van der Waals surface area contributed by atoms with Gasteiger partial charge in [0.2, 0.25) is 10.0 Å². The van der Waals surface area contributed by atoms with Crippen molar-refractivity contribution in [2.75, 3.05) is 0 Å². The molecule has 3 rings (SSSR count). The molecule has 2 fully saturated rings. The maximum Gasteiger partial charge on any atom is 0.250 e. The summed E-state index contributed by atoms with van der Waals surface area (Å²) in [7, 11) is -3.35. The molecule has 1 aromatic rings. The zero-order valence-electron chi connectivity index (χ0n) is 12.5. The van der Waals surface area contributed by atoms with Crippen molar-refractivity contribution in [3.05, 3.63) is 17.0 Å². The smallest absolute Gasteiger partial charge is 0.250 e. The molecule has 21 heavy (non-hydrogen) atoms. The van der Waals surface area contributed by atoms with Gasteiger partial charge in [-0.1, -0.05) is 19.8 Å². The van der Waals surface area contributed by atoms with Gasteiger partial charge in [-0.2, -0.15) is 0 Å². The molecule has 0 radical (unpaired) electrons. The van der Waals surface area contributed by atoms with Crippen molar-refractivity contribution >= 4 is 21.4 Å². The molecule has 1 heterocycles. The van der Waals surface area contributed by atoms with Crippen molar-refractivity contribution in [3.8, 4) is 0 Å². The van der Waals surface area contributed by atoms with Crippen molar-refractivity contribution in [2.24, 2.45) is 5.92 Å². The third-order valence-electron chi connectivity index (χ3n) is 4.46. The zero-order chi connectivity index (χ0) is 14.9. The van der Waals surface area contributed by atoms with Gasteiger partial charge in [-0.3, -0.25) is 0 Å². The molecule has 118 valence electrons. The van der Waals surface area contributed by atoms with Gasteiger partial charge in [-0.05, 0) is 43.7 Å². The van der Waals surface area contributed by atoms with Gasteiger partial charge >= 0.3 is 0 Å². The van der Waals surface area contributed by atoms with E-state index < -0.39 is 10.0 Å². The second kappa shape index (κ2) is 6.36. The molecule has 0 saturated heterocycles. The minimum atomic E-state index is -3.35. The quantitative estimate of drug-likeness (QED) is 0.844. The minimum Gasteiger partial charge on any atom is -0.309 e. The summed E-state index contributed by atoms with van der Waals surface area (Å²) in [5.41, 5.74) is 0. The molecule has 6 heteroatoms. The number of sulfonamides is 1. The Hall–Kier alpha value is -0.430. The molecule has 2 N–H and O–H groups in total. The maximum absolute atomic E-state index is 12.5. The van der Waals surface area contributed by atoms with Gasteiger partial charge in [-0.15, -0.1) is 11.3 Å². The molecule has 4 nitrogen and oxygen atoms in total. The summed E-state index contributed by atoms with van der Waals surface area (Å²) in [4.78, 5) is 1.10. The Bertz CT molecular complexity index is 578. The topological polar surface area (TPSA) is 58.2 Å². The van der Waals surface area contributed by atoms with E-state index in [-0.39, 0.29) is 6.04 Å². The maximum atomic E-state index is 12.5. The highest BCUT2D eigenvalue weighted by molar-refractivity contribution is 7.91. The van der Waals surface area contributed by atoms with Gasteiger partial charge in [0.25, 0.3) is 0 Å². The summed E-state index contributed by atoms with van der Waals surface area (Å²) in [5, 5.41) is 3.42. The lowest BCUT2D eigenvalue weighted by Gasteiger charge is -2.28. The third kappa shape index (κ3) is 4.06. The lowest BCUT2D eigenvalue weighted by Crippen LogP contribution is -2.40. The van der Waals surface area contributed by atoms with Crippen LogP contribution in [-0.4, -0.2) is 20.5 Å². The van der Waals surface area contributed by atoms with Crippen LogP contribution in [-0.2, 0) is 16.6 Å². The van der Waals surface area contributed by atoms with Crippen LogP contribution in [0.2, 0.25) is 0 Å². The fourth-order valence-electron chi connectivity index (χ4n) is 2.88. The lowest BCUT2D eigenvalue weighted by atomic mass is 9.87. The average Bonchev–Trinajstić information content (AvgIpc) is 3.15. The molecule has 0 bridgehead atoms. The van der Waals surface area contributed by atoms with Crippen molar-refractivity contribution < 1.29 is 8.42 Å². The molecule has 2 aliphatic carbocycles. The van der Waals surface area contributed by atoms with Crippen LogP contribution in [0.5, 0.6) is 0 Å². The normalized spacial score (nSPS) is 26.9. The van der Waals surface area contributed by atoms with Gasteiger partial charge in [-0.25, -0.2) is 13.1 Å². The first-order chi connectivity index (χ1) is 10.0. The summed E-state index contributed by atoms with van der Waals surface area (Å²) in [6.07, 6.45) is 6.92. The second-order valence-electron chi connectivity index (χ2n) is 6.37. The zero-order valence-corrected chi connectivity index (χ0v) is 14.1. The first-order valence-electron chi connectivity index (χ1n) is 7.89. The molecular weight excluding hydrogens is 304 g/mol. The Labute approximate surface area is 131 Å². The molecule has 1 aromatic heterocycles. The Morgan fingerprint density at radius 2 is 1.95 bits per heavy atom. The second-order valence-corrected chi connectivity index (χ2v) is 9.47. The predicted octanol–water partition coefficient (Wildman–Crippen LogP) is 2.86. The van der Waals surface area contributed by atoms with E-state index in [1.165, 1.54) is 30.6 Å². The van der Waals surface area contributed by atoms with E-state index >= 15 is 0 Å². The summed E-state index contributed by atoms with van der Waals surface area (Å²) in [6.45, 7) is 2.93. The predicted molar refractivity (Wildman–Crippen MR) is 85.9 cm³/mol. The number of nitrogens with one attached hydrogen (secondary N) is 2. The number of rotatable bonds is 6. The van der Waals surface area contributed by atoms with Crippen LogP contribution in [0, 0.1) is 5.92 Å². The lowest BCUT2D eigenvalue weighted by molar-refractivity contribution is 0.310. The molecule has 2 saturated carbocycles. The molecule has 0 amide bonds. The Morgan fingerprint density at radius 3 is 2.67 bits per heavy atom. The number of hydrogen-bond acceptors (Lipinski definition) is 4. The first-order valence-corrected chi connectivity index (χ1v) is 10.2. The van der Waals surface area contributed by atoms with E-state index in [2.05, 4.69) is 17.0 Å². The van der Waals surface area contributed by atoms with Gasteiger partial charge in [0.05, 0.1) is 0 Å². The molecule has 0 spiro atoms. The van der Waals surface area contributed by atoms with Gasteiger partial charge in [0.15, 0.2) is 0 Å². The van der Waals surface area contributed by atoms with E-state index in [9.17, 15) is 8.42 Å². The Morgan fingerprint density at radius 1 is 1.19 bits per heavy atom. The number of hydrogen-bond donors (Lipinski definition) is 2. The van der Waals surface area contributed by atoms with E-state index in [4.69, 9.17) is 0 Å². The van der Waals surface area contributed by atoms with Crippen LogP contribution in [0.25, 0.3) is 0 Å². The monoisotopic (exact) mass is 328 g/mol. The Balaban J connectivity index is 1.63. The SMILES string of the molecule is CC1CCCCC1NS(=O)(=O)c1ccc(CNC2CC2)s1. The highest BCUT2D eigenvalue weighted by Gasteiger charge is 2.27. The standard InChI is InChI=1S/C15H24N2O2S2/c1-11-4-2-3-5-14(11)17-21(18,19)15-9-8-13(20-15)10-16-12-6-7-12/h8-9,11-12,14,16-17H,2-7,10H2,1H3. The van der Waals surface area contributed by atoms with Crippen LogP contribution in [0.3, 0.4) is 0 Å². The summed E-state index contributed by atoms with van der Waals surface area (Å²) >= 11 is 1.39. The van der Waals surface area contributed by atoms with Crippen LogP contribution in [0.4, 0.5) is 0 Å². The van der Waals surface area contributed by atoms with Crippen molar-refractivity contribution in [1.82, 2.24) is 10.0 Å². The van der Waals surface area contributed by atoms with E-state index in [0.717, 1.165) is 30.7 Å². The fraction of sp³-hybridized carbons (Fsp3) is 0.733. The van der Waals surface area contributed by atoms with Crippen LogP contribution >= 0.6 is 11.3 Å². The first kappa shape index (κ1) is 15.5. The third-order valence-corrected chi connectivity index (χ3v) is 7.53. The molecular formula is C15H24N2O2S2. The van der Waals surface area contributed by atoms with Crippen LogP contribution in [0.1, 0.15) is 50.3 Å². The molecule has 0 aromatic carbocycles. The average molecular weight is 329 g/mol. The van der Waals surface area contributed by atoms with Crippen LogP contribution < -0.4 is 10.0 Å².